The van der Waals surface area contributed by atoms with Crippen LogP contribution >= 0.6 is 0 Å². The van der Waals surface area contributed by atoms with Crippen molar-refractivity contribution in [2.45, 2.75) is 33.9 Å². The van der Waals surface area contributed by atoms with Gasteiger partial charge in [-0.2, -0.15) is 18.2 Å². The summed E-state index contributed by atoms with van der Waals surface area (Å²) < 4.78 is 48.9. The first-order valence-electron chi connectivity index (χ1n) is 8.30. The maximum absolute atomic E-state index is 12.7. The molecule has 9 heteroatoms. The Bertz CT molecular complexity index is 1060. The first-order valence-corrected chi connectivity index (χ1v) is 8.30. The van der Waals surface area contributed by atoms with Gasteiger partial charge in [-0.25, -0.2) is 4.98 Å². The summed E-state index contributed by atoms with van der Waals surface area (Å²) in [5, 5.41) is 3.86. The number of halogens is 3. The fourth-order valence-electron chi connectivity index (χ4n) is 2.40. The van der Waals surface area contributed by atoms with Crippen molar-refractivity contribution in [3.63, 3.8) is 0 Å². The van der Waals surface area contributed by atoms with Crippen LogP contribution in [0.1, 0.15) is 31.0 Å². The third kappa shape index (κ3) is 3.57. The number of imidazole rings is 1. The van der Waals surface area contributed by atoms with Crippen molar-refractivity contribution >= 4 is 11.0 Å². The molecule has 0 saturated heterocycles. The van der Waals surface area contributed by atoms with Gasteiger partial charge in [0.05, 0.1) is 11.0 Å². The lowest BCUT2D eigenvalue weighted by Gasteiger charge is -1.99. The van der Waals surface area contributed by atoms with Gasteiger partial charge in [0.2, 0.25) is 11.6 Å². The molecule has 0 aliphatic heterocycles. The van der Waals surface area contributed by atoms with Gasteiger partial charge in [-0.3, -0.25) is 0 Å². The van der Waals surface area contributed by atoms with E-state index < -0.39 is 12.0 Å². The Hall–Kier alpha value is -3.10. The molecule has 4 rings (SSSR count). The van der Waals surface area contributed by atoms with Gasteiger partial charge in [0.1, 0.15) is 5.76 Å². The molecule has 6 nitrogen and oxygen atoms in total. The lowest BCUT2D eigenvalue weighted by atomic mass is 10.2. The molecule has 0 amide bonds. The normalized spacial score (nSPS) is 11.5. The molecule has 3 aromatic heterocycles. The molecular formula is C18H17F3N4O2. The molecule has 142 valence electrons. The van der Waals surface area contributed by atoms with Gasteiger partial charge in [-0.1, -0.05) is 19.0 Å². The van der Waals surface area contributed by atoms with Crippen molar-refractivity contribution in [2.24, 2.45) is 0 Å². The van der Waals surface area contributed by atoms with E-state index in [9.17, 15) is 13.2 Å². The summed E-state index contributed by atoms with van der Waals surface area (Å²) in [7, 11) is 0. The highest BCUT2D eigenvalue weighted by atomic mass is 19.4. The van der Waals surface area contributed by atoms with Crippen LogP contribution in [0.3, 0.4) is 0 Å². The smallest absolute Gasteiger partial charge is 0.449 e. The molecule has 0 aliphatic rings. The van der Waals surface area contributed by atoms with Crippen LogP contribution in [0.5, 0.6) is 0 Å². The van der Waals surface area contributed by atoms with Gasteiger partial charge in [0.15, 0.2) is 5.76 Å². The summed E-state index contributed by atoms with van der Waals surface area (Å²) in [6, 6.07) is 6.31. The Morgan fingerprint density at radius 3 is 2.41 bits per heavy atom. The molecule has 0 spiro atoms. The number of aromatic nitrogens is 4. The molecule has 0 saturated carbocycles. The molecule has 0 bridgehead atoms. The number of nitrogens with one attached hydrogen (secondary N) is 1. The molecule has 4 aromatic rings. The van der Waals surface area contributed by atoms with Gasteiger partial charge >= 0.3 is 6.18 Å². The topological polar surface area (TPSA) is 80.7 Å². The Morgan fingerprint density at radius 1 is 1.04 bits per heavy atom. The number of aryl methyl sites for hydroxylation is 2. The zero-order chi connectivity index (χ0) is 19.8. The second-order valence-electron chi connectivity index (χ2n) is 5.59. The predicted octanol–water partition coefficient (Wildman–Crippen LogP) is 5.53. The largest absolute Gasteiger partial charge is 0.456 e. The van der Waals surface area contributed by atoms with E-state index in [1.165, 1.54) is 12.1 Å². The summed E-state index contributed by atoms with van der Waals surface area (Å²) in [6.45, 7) is 7.71. The predicted molar refractivity (Wildman–Crippen MR) is 92.9 cm³/mol. The molecule has 0 aliphatic carbocycles. The van der Waals surface area contributed by atoms with E-state index in [1.807, 2.05) is 27.7 Å². The van der Waals surface area contributed by atoms with Crippen LogP contribution in [-0.2, 0) is 6.18 Å². The van der Waals surface area contributed by atoms with Crippen LogP contribution in [0.25, 0.3) is 34.1 Å². The molecule has 0 unspecified atom stereocenters. The molecule has 3 heterocycles. The Kier molecular flexibility index (Phi) is 4.77. The number of hydrogen-bond acceptors (Lipinski definition) is 5. The molecular weight excluding hydrogens is 361 g/mol. The first kappa shape index (κ1) is 18.7. The number of aromatic amines is 1. The highest BCUT2D eigenvalue weighted by molar-refractivity contribution is 5.80. The molecule has 0 atom stereocenters. The maximum atomic E-state index is 12.7. The average molecular weight is 378 g/mol. The van der Waals surface area contributed by atoms with Crippen molar-refractivity contribution in [1.82, 2.24) is 20.1 Å². The number of hydrogen-bond donors (Lipinski definition) is 1. The zero-order valence-corrected chi connectivity index (χ0v) is 15.1. The number of fused-ring (bicyclic) bond motifs is 1. The lowest BCUT2D eigenvalue weighted by molar-refractivity contribution is -0.144. The fraction of sp³-hybridized carbons (Fsp3) is 0.278. The Labute approximate surface area is 152 Å². The highest BCUT2D eigenvalue weighted by Crippen LogP contribution is 2.30. The van der Waals surface area contributed by atoms with Gasteiger partial charge in [-0.05, 0) is 43.7 Å². The van der Waals surface area contributed by atoms with Crippen molar-refractivity contribution in [3.8, 4) is 23.0 Å². The van der Waals surface area contributed by atoms with E-state index in [-0.39, 0.29) is 22.7 Å². The summed E-state index contributed by atoms with van der Waals surface area (Å²) >= 11 is 0. The summed E-state index contributed by atoms with van der Waals surface area (Å²) in [4.78, 5) is 10.0. The third-order valence-corrected chi connectivity index (χ3v) is 3.81. The number of H-pyrrole nitrogens is 1. The minimum atomic E-state index is -4.53. The summed E-state index contributed by atoms with van der Waals surface area (Å²) in [5.41, 5.74) is 1.89. The van der Waals surface area contributed by atoms with Crippen LogP contribution in [0.15, 0.2) is 33.2 Å². The van der Waals surface area contributed by atoms with Crippen LogP contribution in [-0.4, -0.2) is 20.1 Å². The van der Waals surface area contributed by atoms with Crippen LogP contribution < -0.4 is 0 Å². The van der Waals surface area contributed by atoms with E-state index in [0.717, 1.165) is 11.3 Å². The quantitative estimate of drug-likeness (QED) is 0.496. The van der Waals surface area contributed by atoms with Gasteiger partial charge in [0.25, 0.3) is 5.89 Å². The van der Waals surface area contributed by atoms with E-state index in [4.69, 9.17) is 8.94 Å². The number of rotatable bonds is 2. The van der Waals surface area contributed by atoms with Crippen LogP contribution in [0.4, 0.5) is 13.2 Å². The fourth-order valence-corrected chi connectivity index (χ4v) is 2.40. The number of furan rings is 1. The van der Waals surface area contributed by atoms with E-state index in [1.54, 1.807) is 12.1 Å². The SMILES string of the molecule is CC.Cc1cc(-c2nc(-c3ccc4nc(C(F)(F)F)[nH]c4c3)no2)oc1C. The Morgan fingerprint density at radius 2 is 1.78 bits per heavy atom. The number of nitrogens with zero attached hydrogens (tertiary/aromatic N) is 3. The second kappa shape index (κ2) is 6.90. The van der Waals surface area contributed by atoms with E-state index in [2.05, 4.69) is 20.1 Å². The maximum Gasteiger partial charge on any atom is 0.449 e. The molecule has 0 radical (unpaired) electrons. The van der Waals surface area contributed by atoms with E-state index >= 15 is 0 Å². The Balaban J connectivity index is 0.00000102. The third-order valence-electron chi connectivity index (χ3n) is 3.81. The van der Waals surface area contributed by atoms with Crippen molar-refractivity contribution in [2.75, 3.05) is 0 Å². The summed E-state index contributed by atoms with van der Waals surface area (Å²) in [5.74, 6) is 0.581. The molecule has 27 heavy (non-hydrogen) atoms. The zero-order valence-electron chi connectivity index (χ0n) is 15.1. The van der Waals surface area contributed by atoms with Gasteiger partial charge in [0, 0.05) is 5.56 Å². The van der Waals surface area contributed by atoms with Gasteiger partial charge in [-0.15, -0.1) is 0 Å². The minimum absolute atomic E-state index is 0.201. The lowest BCUT2D eigenvalue weighted by Crippen LogP contribution is -2.06. The van der Waals surface area contributed by atoms with Crippen molar-refractivity contribution in [1.29, 1.82) is 0 Å². The standard InChI is InChI=1S/C16H11F3N4O2.C2H6/c1-7-5-12(24-8(7)2)14-22-13(23-25-14)9-3-4-10-11(6-9)21-15(20-10)16(17,18)19;1-2/h3-6H,1-2H3,(H,20,21);1-2H3. The molecule has 1 N–H and O–H groups in total. The van der Waals surface area contributed by atoms with Crippen molar-refractivity contribution < 1.29 is 22.1 Å². The van der Waals surface area contributed by atoms with Crippen molar-refractivity contribution in [3.05, 3.63) is 41.4 Å². The number of alkyl halides is 3. The first-order chi connectivity index (χ1) is 12.8. The second-order valence-corrected chi connectivity index (χ2v) is 5.59. The van der Waals surface area contributed by atoms with Gasteiger partial charge < -0.3 is 13.9 Å². The van der Waals surface area contributed by atoms with E-state index in [0.29, 0.717) is 11.3 Å². The average Bonchev–Trinajstić information content (AvgIpc) is 3.34. The monoisotopic (exact) mass is 378 g/mol. The molecule has 1 aromatic carbocycles. The minimum Gasteiger partial charge on any atom is -0.456 e. The molecule has 0 fully saturated rings. The highest BCUT2D eigenvalue weighted by Gasteiger charge is 2.34. The summed E-state index contributed by atoms with van der Waals surface area (Å²) in [6.07, 6.45) is -4.53. The number of benzene rings is 1. The van der Waals surface area contributed by atoms with Crippen LogP contribution in [0.2, 0.25) is 0 Å². The van der Waals surface area contributed by atoms with Crippen LogP contribution in [0, 0.1) is 13.8 Å².